The number of carbonyl (C=O) groups excluding carboxylic acids is 1. The zero-order valence-corrected chi connectivity index (χ0v) is 11.5. The molecular formula is C16H17NO4. The number of carboxylic acids is 1. The zero-order chi connectivity index (χ0) is 15.2. The van der Waals surface area contributed by atoms with Crippen molar-refractivity contribution in [3.8, 4) is 0 Å². The summed E-state index contributed by atoms with van der Waals surface area (Å²) in [6.07, 6.45) is 0.104. The Balaban J connectivity index is 2.13. The van der Waals surface area contributed by atoms with Crippen LogP contribution in [0.1, 0.15) is 12.0 Å². The SMILES string of the molecule is O=C(Cc1cccc2ccccc12)N[C@@H](CCO)C(=O)O. The molecule has 21 heavy (non-hydrogen) atoms. The van der Waals surface area contributed by atoms with Crippen LogP contribution in [0.3, 0.4) is 0 Å². The van der Waals surface area contributed by atoms with E-state index in [4.69, 9.17) is 10.2 Å². The Morgan fingerprint density at radius 2 is 1.81 bits per heavy atom. The summed E-state index contributed by atoms with van der Waals surface area (Å²) in [4.78, 5) is 23.0. The summed E-state index contributed by atoms with van der Waals surface area (Å²) in [5.41, 5.74) is 0.846. The molecular weight excluding hydrogens is 270 g/mol. The van der Waals surface area contributed by atoms with Crippen molar-refractivity contribution >= 4 is 22.6 Å². The minimum Gasteiger partial charge on any atom is -0.480 e. The Morgan fingerprint density at radius 1 is 1.10 bits per heavy atom. The predicted molar refractivity (Wildman–Crippen MR) is 78.9 cm³/mol. The van der Waals surface area contributed by atoms with Gasteiger partial charge in [0.05, 0.1) is 6.42 Å². The molecule has 0 radical (unpaired) electrons. The monoisotopic (exact) mass is 287 g/mol. The average molecular weight is 287 g/mol. The summed E-state index contributed by atoms with van der Waals surface area (Å²) in [5.74, 6) is -1.51. The van der Waals surface area contributed by atoms with Gasteiger partial charge in [0, 0.05) is 13.0 Å². The fourth-order valence-electron chi connectivity index (χ4n) is 2.25. The van der Waals surface area contributed by atoms with Crippen LogP contribution in [0.5, 0.6) is 0 Å². The standard InChI is InChI=1S/C16H17NO4/c18-9-8-14(16(20)21)17-15(19)10-12-6-3-5-11-4-1-2-7-13(11)12/h1-7,14,18H,8-10H2,(H,17,19)(H,20,21)/t14-/m0/s1. The number of aliphatic hydroxyl groups excluding tert-OH is 1. The largest absolute Gasteiger partial charge is 0.480 e. The van der Waals surface area contributed by atoms with Crippen molar-refractivity contribution in [1.82, 2.24) is 5.32 Å². The zero-order valence-electron chi connectivity index (χ0n) is 11.5. The molecule has 0 saturated heterocycles. The summed E-state index contributed by atoms with van der Waals surface area (Å²) in [6, 6.07) is 12.3. The summed E-state index contributed by atoms with van der Waals surface area (Å²) in [7, 11) is 0. The van der Waals surface area contributed by atoms with Crippen LogP contribution in [0.2, 0.25) is 0 Å². The molecule has 0 saturated carbocycles. The first-order valence-corrected chi connectivity index (χ1v) is 6.71. The number of amides is 1. The van der Waals surface area contributed by atoms with Gasteiger partial charge in [-0.05, 0) is 16.3 Å². The number of aliphatic carboxylic acids is 1. The van der Waals surface area contributed by atoms with E-state index in [1.54, 1.807) is 0 Å². The van der Waals surface area contributed by atoms with Crippen LogP contribution < -0.4 is 5.32 Å². The number of aliphatic hydroxyl groups is 1. The Hall–Kier alpha value is -2.40. The van der Waals surface area contributed by atoms with E-state index in [0.29, 0.717) is 0 Å². The third-order valence-corrected chi connectivity index (χ3v) is 3.28. The van der Waals surface area contributed by atoms with Crippen LogP contribution >= 0.6 is 0 Å². The second kappa shape index (κ2) is 6.85. The molecule has 0 fully saturated rings. The van der Waals surface area contributed by atoms with E-state index in [2.05, 4.69) is 5.32 Å². The predicted octanol–water partition coefficient (Wildman–Crippen LogP) is 1.33. The molecule has 0 aliphatic rings. The van der Waals surface area contributed by atoms with Crippen molar-refractivity contribution in [1.29, 1.82) is 0 Å². The van der Waals surface area contributed by atoms with Crippen molar-refractivity contribution in [2.75, 3.05) is 6.61 Å². The minimum atomic E-state index is -1.14. The van der Waals surface area contributed by atoms with Crippen LogP contribution in [0.25, 0.3) is 10.8 Å². The van der Waals surface area contributed by atoms with Crippen molar-refractivity contribution in [3.63, 3.8) is 0 Å². The number of nitrogens with one attached hydrogen (secondary N) is 1. The van der Waals surface area contributed by atoms with E-state index in [1.165, 1.54) is 0 Å². The van der Waals surface area contributed by atoms with E-state index < -0.39 is 12.0 Å². The molecule has 0 unspecified atom stereocenters. The van der Waals surface area contributed by atoms with Crippen molar-refractivity contribution < 1.29 is 19.8 Å². The van der Waals surface area contributed by atoms with Crippen molar-refractivity contribution in [2.45, 2.75) is 18.9 Å². The Labute approximate surface area is 122 Å². The maximum atomic E-state index is 12.0. The first-order valence-electron chi connectivity index (χ1n) is 6.71. The van der Waals surface area contributed by atoms with Gasteiger partial charge >= 0.3 is 5.97 Å². The number of carboxylic acid groups (broad SMARTS) is 1. The molecule has 0 spiro atoms. The molecule has 0 aliphatic carbocycles. The second-order valence-corrected chi connectivity index (χ2v) is 4.79. The third-order valence-electron chi connectivity index (χ3n) is 3.28. The van der Waals surface area contributed by atoms with Gasteiger partial charge in [0.25, 0.3) is 0 Å². The molecule has 2 rings (SSSR count). The third kappa shape index (κ3) is 3.79. The van der Waals surface area contributed by atoms with Crippen LogP contribution in [0.4, 0.5) is 0 Å². The van der Waals surface area contributed by atoms with Gasteiger partial charge in [0.2, 0.25) is 5.91 Å². The van der Waals surface area contributed by atoms with E-state index >= 15 is 0 Å². The van der Waals surface area contributed by atoms with Gasteiger partial charge in [-0.3, -0.25) is 4.79 Å². The van der Waals surface area contributed by atoms with E-state index in [0.717, 1.165) is 16.3 Å². The molecule has 5 heteroatoms. The van der Waals surface area contributed by atoms with Crippen LogP contribution in [0, 0.1) is 0 Å². The number of fused-ring (bicyclic) bond motifs is 1. The molecule has 0 bridgehead atoms. The van der Waals surface area contributed by atoms with E-state index in [-0.39, 0.29) is 25.4 Å². The van der Waals surface area contributed by atoms with Crippen LogP contribution in [-0.4, -0.2) is 34.7 Å². The lowest BCUT2D eigenvalue weighted by Gasteiger charge is -2.13. The van der Waals surface area contributed by atoms with Gasteiger partial charge in [0.1, 0.15) is 6.04 Å². The number of carbonyl (C=O) groups is 2. The van der Waals surface area contributed by atoms with E-state index in [9.17, 15) is 9.59 Å². The molecule has 1 atom stereocenters. The Kier molecular flexibility index (Phi) is 4.90. The molecule has 1 amide bonds. The smallest absolute Gasteiger partial charge is 0.326 e. The summed E-state index contributed by atoms with van der Waals surface area (Å²) >= 11 is 0. The molecule has 2 aromatic carbocycles. The maximum absolute atomic E-state index is 12.0. The lowest BCUT2D eigenvalue weighted by Crippen LogP contribution is -2.42. The van der Waals surface area contributed by atoms with Crippen LogP contribution in [-0.2, 0) is 16.0 Å². The maximum Gasteiger partial charge on any atom is 0.326 e. The van der Waals surface area contributed by atoms with Gasteiger partial charge in [0.15, 0.2) is 0 Å². The molecule has 5 nitrogen and oxygen atoms in total. The molecule has 3 N–H and O–H groups in total. The minimum absolute atomic E-state index is 0.00336. The van der Waals surface area contributed by atoms with Gasteiger partial charge in [-0.2, -0.15) is 0 Å². The second-order valence-electron chi connectivity index (χ2n) is 4.79. The van der Waals surface area contributed by atoms with Gasteiger partial charge in [-0.15, -0.1) is 0 Å². The highest BCUT2D eigenvalue weighted by molar-refractivity contribution is 5.91. The normalized spacial score (nSPS) is 12.0. The number of benzene rings is 2. The average Bonchev–Trinajstić information content (AvgIpc) is 2.47. The van der Waals surface area contributed by atoms with E-state index in [1.807, 2.05) is 42.5 Å². The van der Waals surface area contributed by atoms with Crippen molar-refractivity contribution in [3.05, 3.63) is 48.0 Å². The number of hydrogen-bond acceptors (Lipinski definition) is 3. The molecule has 2 aromatic rings. The lowest BCUT2D eigenvalue weighted by molar-refractivity contribution is -0.142. The molecule has 0 heterocycles. The molecule has 110 valence electrons. The van der Waals surface area contributed by atoms with Gasteiger partial charge in [-0.25, -0.2) is 4.79 Å². The summed E-state index contributed by atoms with van der Waals surface area (Å²) in [6.45, 7) is -0.286. The van der Waals surface area contributed by atoms with Crippen molar-refractivity contribution in [2.24, 2.45) is 0 Å². The highest BCUT2D eigenvalue weighted by atomic mass is 16.4. The fourth-order valence-corrected chi connectivity index (χ4v) is 2.25. The first kappa shape index (κ1) is 15.0. The Bertz CT molecular complexity index is 648. The molecule has 0 aromatic heterocycles. The highest BCUT2D eigenvalue weighted by Crippen LogP contribution is 2.18. The number of hydrogen-bond donors (Lipinski definition) is 3. The fraction of sp³-hybridized carbons (Fsp3) is 0.250. The summed E-state index contributed by atoms with van der Waals surface area (Å²) in [5, 5.41) is 22.2. The number of rotatable bonds is 6. The Morgan fingerprint density at radius 3 is 2.52 bits per heavy atom. The van der Waals surface area contributed by atoms with Gasteiger partial charge < -0.3 is 15.5 Å². The first-order chi connectivity index (χ1) is 10.1. The van der Waals surface area contributed by atoms with Crippen LogP contribution in [0.15, 0.2) is 42.5 Å². The molecule has 0 aliphatic heterocycles. The quantitative estimate of drug-likeness (QED) is 0.748. The summed E-state index contributed by atoms with van der Waals surface area (Å²) < 4.78 is 0. The topological polar surface area (TPSA) is 86.6 Å². The lowest BCUT2D eigenvalue weighted by atomic mass is 10.0. The highest BCUT2D eigenvalue weighted by Gasteiger charge is 2.19. The van der Waals surface area contributed by atoms with Gasteiger partial charge in [-0.1, -0.05) is 42.5 Å².